The van der Waals surface area contributed by atoms with E-state index in [1.165, 1.54) is 22.1 Å². The molecule has 0 aliphatic carbocycles. The first-order valence-corrected chi connectivity index (χ1v) is 10.3. The van der Waals surface area contributed by atoms with Crippen LogP contribution in [0.1, 0.15) is 35.2 Å². The molecule has 136 valence electrons. The Kier molecular flexibility index (Phi) is 4.92. The summed E-state index contributed by atoms with van der Waals surface area (Å²) < 4.78 is 0. The zero-order valence-corrected chi connectivity index (χ0v) is 16.6. The zero-order valence-electron chi connectivity index (χ0n) is 15.7. The van der Waals surface area contributed by atoms with E-state index < -0.39 is 0 Å². The van der Waals surface area contributed by atoms with Gasteiger partial charge < -0.3 is 10.2 Å². The normalized spacial score (nSPS) is 15.7. The minimum atomic E-state index is 0.581. The van der Waals surface area contributed by atoms with Crippen LogP contribution in [-0.4, -0.2) is 29.1 Å². The number of aryl methyl sites for hydroxylation is 3. The van der Waals surface area contributed by atoms with Crippen LogP contribution in [0.15, 0.2) is 29.0 Å². The van der Waals surface area contributed by atoms with Gasteiger partial charge in [-0.15, -0.1) is 0 Å². The van der Waals surface area contributed by atoms with E-state index in [2.05, 4.69) is 59.9 Å². The molecule has 26 heavy (non-hydrogen) atoms. The lowest BCUT2D eigenvalue weighted by Crippen LogP contribution is -2.42. The number of fused-ring (bicyclic) bond motifs is 1. The van der Waals surface area contributed by atoms with Gasteiger partial charge in [0, 0.05) is 31.1 Å². The number of nitrogens with one attached hydrogen (secondary N) is 1. The molecule has 1 aliphatic heterocycles. The number of anilines is 1. The summed E-state index contributed by atoms with van der Waals surface area (Å²) in [4.78, 5) is 12.0. The number of thiophene rings is 1. The first-order chi connectivity index (χ1) is 12.6. The lowest BCUT2D eigenvalue weighted by molar-refractivity contribution is 0.411. The van der Waals surface area contributed by atoms with Crippen LogP contribution in [0.3, 0.4) is 0 Å². The maximum absolute atomic E-state index is 4.87. The van der Waals surface area contributed by atoms with E-state index in [0.29, 0.717) is 6.04 Å². The number of hydrogen-bond donors (Lipinski definition) is 1. The summed E-state index contributed by atoms with van der Waals surface area (Å²) in [6.45, 7) is 9.39. The molecular formula is C21H26N4S. The van der Waals surface area contributed by atoms with E-state index >= 15 is 0 Å². The highest BCUT2D eigenvalue weighted by Gasteiger charge is 2.21. The highest BCUT2D eigenvalue weighted by atomic mass is 32.1. The number of piperidine rings is 1. The Hall–Kier alpha value is -1.98. The average molecular weight is 367 g/mol. The monoisotopic (exact) mass is 366 g/mol. The van der Waals surface area contributed by atoms with Crippen LogP contribution in [-0.2, 0) is 6.54 Å². The molecule has 0 amide bonds. The Morgan fingerprint density at radius 1 is 1.12 bits per heavy atom. The van der Waals surface area contributed by atoms with Crippen molar-refractivity contribution in [2.45, 2.75) is 46.2 Å². The number of nitrogens with zero attached hydrogens (tertiary/aromatic N) is 3. The molecule has 0 atom stereocenters. The predicted octanol–water partition coefficient (Wildman–Crippen LogP) is 4.38. The second-order valence-electron chi connectivity index (χ2n) is 7.34. The van der Waals surface area contributed by atoms with Crippen molar-refractivity contribution in [1.29, 1.82) is 0 Å². The molecule has 3 heterocycles. The highest BCUT2D eigenvalue weighted by Crippen LogP contribution is 2.24. The molecule has 0 saturated carbocycles. The van der Waals surface area contributed by atoms with Crippen molar-refractivity contribution in [1.82, 2.24) is 15.3 Å². The highest BCUT2D eigenvalue weighted by molar-refractivity contribution is 7.07. The predicted molar refractivity (Wildman–Crippen MR) is 110 cm³/mol. The van der Waals surface area contributed by atoms with E-state index in [4.69, 9.17) is 9.97 Å². The summed E-state index contributed by atoms with van der Waals surface area (Å²) in [5.41, 5.74) is 6.11. The smallest absolute Gasteiger partial charge is 0.226 e. The fourth-order valence-corrected chi connectivity index (χ4v) is 4.28. The molecule has 1 fully saturated rings. The number of benzene rings is 1. The van der Waals surface area contributed by atoms with Gasteiger partial charge in [0.2, 0.25) is 5.95 Å². The van der Waals surface area contributed by atoms with Gasteiger partial charge in [0.05, 0.1) is 11.2 Å². The average Bonchev–Trinajstić information content (AvgIpc) is 3.15. The van der Waals surface area contributed by atoms with Gasteiger partial charge >= 0.3 is 0 Å². The Bertz CT molecular complexity index is 896. The maximum Gasteiger partial charge on any atom is 0.226 e. The van der Waals surface area contributed by atoms with Crippen LogP contribution < -0.4 is 10.2 Å². The molecule has 1 aromatic carbocycles. The van der Waals surface area contributed by atoms with E-state index in [1.807, 2.05) is 0 Å². The summed E-state index contributed by atoms with van der Waals surface area (Å²) in [5, 5.41) is 9.22. The van der Waals surface area contributed by atoms with Crippen LogP contribution in [0.25, 0.3) is 10.9 Å². The second kappa shape index (κ2) is 7.33. The molecule has 5 heteroatoms. The first-order valence-electron chi connectivity index (χ1n) is 9.35. The van der Waals surface area contributed by atoms with Crippen LogP contribution in [0.2, 0.25) is 0 Å². The molecule has 3 aromatic rings. The Morgan fingerprint density at radius 2 is 1.88 bits per heavy atom. The minimum Gasteiger partial charge on any atom is -0.341 e. The molecule has 2 aromatic heterocycles. The van der Waals surface area contributed by atoms with Crippen molar-refractivity contribution in [2.24, 2.45) is 0 Å². The number of aromatic nitrogens is 2. The van der Waals surface area contributed by atoms with Gasteiger partial charge in [-0.25, -0.2) is 9.97 Å². The summed E-state index contributed by atoms with van der Waals surface area (Å²) in [6, 6.07) is 7.18. The SMILES string of the molecule is Cc1cc2nc(N3CCC(NCc4ccsc4)CC3)nc(C)c2cc1C. The Labute approximate surface area is 159 Å². The molecule has 0 unspecified atom stereocenters. The topological polar surface area (TPSA) is 41.1 Å². The molecule has 1 saturated heterocycles. The first kappa shape index (κ1) is 17.4. The summed E-state index contributed by atoms with van der Waals surface area (Å²) in [7, 11) is 0. The fraction of sp³-hybridized carbons (Fsp3) is 0.429. The second-order valence-corrected chi connectivity index (χ2v) is 8.12. The van der Waals surface area contributed by atoms with E-state index in [9.17, 15) is 0 Å². The summed E-state index contributed by atoms with van der Waals surface area (Å²) in [5.74, 6) is 0.884. The third-order valence-corrected chi connectivity index (χ3v) is 6.17. The zero-order chi connectivity index (χ0) is 18.1. The molecule has 0 bridgehead atoms. The molecular weight excluding hydrogens is 340 g/mol. The van der Waals surface area contributed by atoms with E-state index in [1.54, 1.807) is 11.3 Å². The van der Waals surface area contributed by atoms with Gasteiger partial charge in [-0.1, -0.05) is 0 Å². The largest absolute Gasteiger partial charge is 0.341 e. The molecule has 1 N–H and O–H groups in total. The third kappa shape index (κ3) is 3.60. The van der Waals surface area contributed by atoms with Crippen molar-refractivity contribution in [2.75, 3.05) is 18.0 Å². The number of rotatable bonds is 4. The quantitative estimate of drug-likeness (QED) is 0.744. The Morgan fingerprint density at radius 3 is 2.62 bits per heavy atom. The minimum absolute atomic E-state index is 0.581. The fourth-order valence-electron chi connectivity index (χ4n) is 3.61. The maximum atomic E-state index is 4.87. The molecule has 0 spiro atoms. The Balaban J connectivity index is 1.44. The lowest BCUT2D eigenvalue weighted by atomic mass is 10.0. The van der Waals surface area contributed by atoms with Crippen molar-refractivity contribution in [3.8, 4) is 0 Å². The molecule has 0 radical (unpaired) electrons. The van der Waals surface area contributed by atoms with Crippen molar-refractivity contribution in [3.05, 3.63) is 51.3 Å². The van der Waals surface area contributed by atoms with Gasteiger partial charge in [-0.2, -0.15) is 11.3 Å². The van der Waals surface area contributed by atoms with Crippen molar-refractivity contribution >= 4 is 28.2 Å². The van der Waals surface area contributed by atoms with Gasteiger partial charge in [0.15, 0.2) is 0 Å². The molecule has 1 aliphatic rings. The number of hydrogen-bond acceptors (Lipinski definition) is 5. The van der Waals surface area contributed by atoms with E-state index in [-0.39, 0.29) is 0 Å². The standard InChI is InChI=1S/C21H26N4S/c1-14-10-19-16(3)23-21(24-20(19)11-15(14)2)25-7-4-18(5-8-25)22-12-17-6-9-26-13-17/h6,9-11,13,18,22H,4-5,7-8,12H2,1-3H3. The molecule has 4 nitrogen and oxygen atoms in total. The van der Waals surface area contributed by atoms with Crippen LogP contribution >= 0.6 is 11.3 Å². The molecule has 4 rings (SSSR count). The van der Waals surface area contributed by atoms with Crippen LogP contribution in [0.5, 0.6) is 0 Å². The van der Waals surface area contributed by atoms with E-state index in [0.717, 1.165) is 49.6 Å². The van der Waals surface area contributed by atoms with Gasteiger partial charge in [0.25, 0.3) is 0 Å². The van der Waals surface area contributed by atoms with Gasteiger partial charge in [0.1, 0.15) is 0 Å². The van der Waals surface area contributed by atoms with Crippen LogP contribution in [0.4, 0.5) is 5.95 Å². The van der Waals surface area contributed by atoms with Gasteiger partial charge in [-0.05, 0) is 79.3 Å². The summed E-state index contributed by atoms with van der Waals surface area (Å²) >= 11 is 1.76. The van der Waals surface area contributed by atoms with Crippen molar-refractivity contribution in [3.63, 3.8) is 0 Å². The third-order valence-electron chi connectivity index (χ3n) is 5.44. The van der Waals surface area contributed by atoms with Crippen molar-refractivity contribution < 1.29 is 0 Å². The summed E-state index contributed by atoms with van der Waals surface area (Å²) in [6.07, 6.45) is 2.27. The van der Waals surface area contributed by atoms with Crippen LogP contribution in [0, 0.1) is 20.8 Å². The lowest BCUT2D eigenvalue weighted by Gasteiger charge is -2.32. The van der Waals surface area contributed by atoms with Gasteiger partial charge in [-0.3, -0.25) is 0 Å².